The van der Waals surface area contributed by atoms with Gasteiger partial charge in [0.05, 0.1) is 0 Å². The quantitative estimate of drug-likeness (QED) is 0.425. The molecule has 0 aliphatic rings. The molecule has 0 unspecified atom stereocenters. The molecule has 10 heavy (non-hydrogen) atoms. The van der Waals surface area contributed by atoms with Gasteiger partial charge in [-0.1, -0.05) is 0 Å². The van der Waals surface area contributed by atoms with Crippen LogP contribution in [0.25, 0.3) is 0 Å². The molecule has 1 atom stereocenters. The van der Waals surface area contributed by atoms with Crippen molar-refractivity contribution < 1.29 is 9.59 Å². The van der Waals surface area contributed by atoms with Crippen molar-refractivity contribution in [3.8, 4) is 0 Å². The summed E-state index contributed by atoms with van der Waals surface area (Å²) in [7, 11) is 0. The summed E-state index contributed by atoms with van der Waals surface area (Å²) in [5.74, 6) is -0.924. The highest BCUT2D eigenvalue weighted by atomic mass is 16.2. The molecule has 0 rings (SSSR count). The Balaban J connectivity index is 3.83. The SMILES string of the molecule is CC(=O)N[C@@H](CN)C(N)=O. The van der Waals surface area contributed by atoms with Gasteiger partial charge in [0.25, 0.3) is 0 Å². The largest absolute Gasteiger partial charge is 0.368 e. The van der Waals surface area contributed by atoms with E-state index in [0.717, 1.165) is 0 Å². The zero-order valence-electron chi connectivity index (χ0n) is 5.76. The van der Waals surface area contributed by atoms with E-state index in [1.807, 2.05) is 0 Å². The first-order valence-electron chi connectivity index (χ1n) is 2.84. The molecule has 0 bridgehead atoms. The topological polar surface area (TPSA) is 98.2 Å². The highest BCUT2D eigenvalue weighted by Gasteiger charge is 2.12. The van der Waals surface area contributed by atoms with E-state index in [1.165, 1.54) is 6.92 Å². The van der Waals surface area contributed by atoms with Crippen LogP contribution in [0.3, 0.4) is 0 Å². The van der Waals surface area contributed by atoms with Crippen molar-refractivity contribution in [2.75, 3.05) is 6.54 Å². The summed E-state index contributed by atoms with van der Waals surface area (Å²) in [6.07, 6.45) is 0. The molecule has 0 saturated carbocycles. The Morgan fingerprint density at radius 3 is 2.20 bits per heavy atom. The van der Waals surface area contributed by atoms with E-state index in [-0.39, 0.29) is 12.5 Å². The second-order valence-electron chi connectivity index (χ2n) is 1.89. The smallest absolute Gasteiger partial charge is 0.241 e. The maximum atomic E-state index is 10.4. The van der Waals surface area contributed by atoms with Gasteiger partial charge in [-0.05, 0) is 0 Å². The van der Waals surface area contributed by atoms with E-state index in [0.29, 0.717) is 0 Å². The summed E-state index contributed by atoms with van der Waals surface area (Å²) in [6.45, 7) is 1.33. The number of carbonyl (C=O) groups excluding carboxylic acids is 2. The van der Waals surface area contributed by atoms with E-state index in [4.69, 9.17) is 11.5 Å². The van der Waals surface area contributed by atoms with Crippen molar-refractivity contribution in [2.45, 2.75) is 13.0 Å². The Morgan fingerprint density at radius 2 is 2.10 bits per heavy atom. The molecule has 58 valence electrons. The van der Waals surface area contributed by atoms with E-state index >= 15 is 0 Å². The second kappa shape index (κ2) is 3.84. The van der Waals surface area contributed by atoms with Crippen LogP contribution in [-0.2, 0) is 9.59 Å². The number of nitrogens with one attached hydrogen (secondary N) is 1. The fraction of sp³-hybridized carbons (Fsp3) is 0.600. The Labute approximate surface area is 58.8 Å². The summed E-state index contributed by atoms with van der Waals surface area (Å²) in [5, 5.41) is 2.29. The number of nitrogens with two attached hydrogens (primary N) is 2. The number of primary amides is 1. The summed E-state index contributed by atoms with van der Waals surface area (Å²) in [4.78, 5) is 20.7. The lowest BCUT2D eigenvalue weighted by molar-refractivity contribution is -0.125. The second-order valence-corrected chi connectivity index (χ2v) is 1.89. The minimum atomic E-state index is -0.738. The van der Waals surface area contributed by atoms with Crippen molar-refractivity contribution in [1.29, 1.82) is 0 Å². The molecule has 0 heterocycles. The van der Waals surface area contributed by atoms with Gasteiger partial charge in [0.2, 0.25) is 11.8 Å². The van der Waals surface area contributed by atoms with Crippen molar-refractivity contribution in [3.63, 3.8) is 0 Å². The molecule has 0 aromatic rings. The lowest BCUT2D eigenvalue weighted by Crippen LogP contribution is -2.48. The van der Waals surface area contributed by atoms with E-state index in [2.05, 4.69) is 5.32 Å². The average Bonchev–Trinajstić information content (AvgIpc) is 1.81. The summed E-state index contributed by atoms with van der Waals surface area (Å²) in [6, 6.07) is -0.738. The fourth-order valence-corrected chi connectivity index (χ4v) is 0.492. The fourth-order valence-electron chi connectivity index (χ4n) is 0.492. The molecule has 0 aromatic heterocycles. The normalized spacial score (nSPS) is 12.2. The van der Waals surface area contributed by atoms with Gasteiger partial charge < -0.3 is 16.8 Å². The number of rotatable bonds is 3. The van der Waals surface area contributed by atoms with Crippen LogP contribution in [0, 0.1) is 0 Å². The number of hydrogen-bond acceptors (Lipinski definition) is 3. The third-order valence-electron chi connectivity index (χ3n) is 0.957. The number of hydrogen-bond donors (Lipinski definition) is 3. The summed E-state index contributed by atoms with van der Waals surface area (Å²) < 4.78 is 0. The van der Waals surface area contributed by atoms with Gasteiger partial charge in [0, 0.05) is 13.5 Å². The van der Waals surface area contributed by atoms with E-state index in [1.54, 1.807) is 0 Å². The molecule has 0 aliphatic carbocycles. The van der Waals surface area contributed by atoms with Gasteiger partial charge in [0.1, 0.15) is 6.04 Å². The molecule has 5 N–H and O–H groups in total. The van der Waals surface area contributed by atoms with Crippen molar-refractivity contribution in [3.05, 3.63) is 0 Å². The summed E-state index contributed by atoms with van der Waals surface area (Å²) >= 11 is 0. The Morgan fingerprint density at radius 1 is 1.60 bits per heavy atom. The Bertz CT molecular complexity index is 146. The highest BCUT2D eigenvalue weighted by molar-refractivity contribution is 5.85. The first kappa shape index (κ1) is 8.90. The van der Waals surface area contributed by atoms with Gasteiger partial charge in [-0.2, -0.15) is 0 Å². The first-order chi connectivity index (χ1) is 4.57. The maximum Gasteiger partial charge on any atom is 0.241 e. The molecule has 5 nitrogen and oxygen atoms in total. The average molecular weight is 145 g/mol. The molecule has 5 heteroatoms. The Kier molecular flexibility index (Phi) is 3.42. The van der Waals surface area contributed by atoms with Crippen LogP contribution in [0.2, 0.25) is 0 Å². The molecular formula is C5H11N3O2. The van der Waals surface area contributed by atoms with Gasteiger partial charge in [-0.15, -0.1) is 0 Å². The van der Waals surface area contributed by atoms with Gasteiger partial charge in [0.15, 0.2) is 0 Å². The maximum absolute atomic E-state index is 10.4. The molecule has 0 radical (unpaired) electrons. The van der Waals surface area contributed by atoms with Crippen LogP contribution in [-0.4, -0.2) is 24.4 Å². The molecule has 0 aliphatic heterocycles. The van der Waals surface area contributed by atoms with Crippen molar-refractivity contribution in [2.24, 2.45) is 11.5 Å². The predicted octanol–water partition coefficient (Wildman–Crippen LogP) is -2.06. The van der Waals surface area contributed by atoms with Gasteiger partial charge >= 0.3 is 0 Å². The van der Waals surface area contributed by atoms with Crippen LogP contribution >= 0.6 is 0 Å². The zero-order chi connectivity index (χ0) is 8.15. The molecule has 0 aromatic carbocycles. The minimum absolute atomic E-state index is 0.0366. The van der Waals surface area contributed by atoms with Crippen LogP contribution in [0.15, 0.2) is 0 Å². The molecular weight excluding hydrogens is 134 g/mol. The van der Waals surface area contributed by atoms with E-state index in [9.17, 15) is 9.59 Å². The molecule has 0 spiro atoms. The lowest BCUT2D eigenvalue weighted by atomic mass is 10.3. The summed E-state index contributed by atoms with van der Waals surface area (Å²) in [5.41, 5.74) is 9.97. The van der Waals surface area contributed by atoms with Crippen molar-refractivity contribution in [1.82, 2.24) is 5.32 Å². The van der Waals surface area contributed by atoms with Crippen LogP contribution < -0.4 is 16.8 Å². The van der Waals surface area contributed by atoms with Crippen LogP contribution in [0.1, 0.15) is 6.92 Å². The molecule has 0 fully saturated rings. The highest BCUT2D eigenvalue weighted by Crippen LogP contribution is 1.76. The monoisotopic (exact) mass is 145 g/mol. The third kappa shape index (κ3) is 3.03. The lowest BCUT2D eigenvalue weighted by Gasteiger charge is -2.10. The predicted molar refractivity (Wildman–Crippen MR) is 35.9 cm³/mol. The Hall–Kier alpha value is -1.10. The van der Waals surface area contributed by atoms with Gasteiger partial charge in [-0.25, -0.2) is 0 Å². The standard InChI is InChI=1S/C5H11N3O2/c1-3(9)8-4(2-6)5(7)10/h4H,2,6H2,1H3,(H2,7,10)(H,8,9)/t4-/m0/s1. The van der Waals surface area contributed by atoms with Crippen LogP contribution in [0.4, 0.5) is 0 Å². The first-order valence-corrected chi connectivity index (χ1v) is 2.84. The number of carbonyl (C=O) groups is 2. The zero-order valence-corrected chi connectivity index (χ0v) is 5.76. The van der Waals surface area contributed by atoms with Crippen LogP contribution in [0.5, 0.6) is 0 Å². The van der Waals surface area contributed by atoms with Gasteiger partial charge in [-0.3, -0.25) is 9.59 Å². The van der Waals surface area contributed by atoms with E-state index < -0.39 is 11.9 Å². The number of amides is 2. The third-order valence-corrected chi connectivity index (χ3v) is 0.957. The minimum Gasteiger partial charge on any atom is -0.368 e. The van der Waals surface area contributed by atoms with Crippen molar-refractivity contribution >= 4 is 11.8 Å². The molecule has 0 saturated heterocycles. The molecule has 2 amide bonds.